The van der Waals surface area contributed by atoms with Gasteiger partial charge < -0.3 is 15.7 Å². The molecule has 1 unspecified atom stereocenters. The molecule has 0 spiro atoms. The van der Waals surface area contributed by atoms with Crippen molar-refractivity contribution in [3.63, 3.8) is 0 Å². The summed E-state index contributed by atoms with van der Waals surface area (Å²) >= 11 is 0. The Labute approximate surface area is 120 Å². The smallest absolute Gasteiger partial charge is 0.320 e. The van der Waals surface area contributed by atoms with Gasteiger partial charge in [0.1, 0.15) is 6.04 Å². The number of hydrogen-bond donors (Lipinski definition) is 2. The van der Waals surface area contributed by atoms with Gasteiger partial charge in [-0.15, -0.1) is 0 Å². The summed E-state index contributed by atoms with van der Waals surface area (Å²) in [5, 5.41) is 8.77. The molecule has 1 atom stereocenters. The lowest BCUT2D eigenvalue weighted by Gasteiger charge is -2.32. The fraction of sp³-hybridized carbons (Fsp3) is 0.562. The number of carboxylic acid groups (broad SMARTS) is 1. The maximum atomic E-state index is 10.7. The average Bonchev–Trinajstić information content (AvgIpc) is 2.47. The van der Waals surface area contributed by atoms with Crippen LogP contribution in [-0.2, 0) is 11.2 Å². The molecule has 0 saturated carbocycles. The van der Waals surface area contributed by atoms with Crippen molar-refractivity contribution in [3.8, 4) is 0 Å². The van der Waals surface area contributed by atoms with Crippen LogP contribution in [0.2, 0.25) is 0 Å². The van der Waals surface area contributed by atoms with Crippen LogP contribution in [-0.4, -0.2) is 41.7 Å². The lowest BCUT2D eigenvalue weighted by atomic mass is 9.90. The number of likely N-dealkylation sites (tertiary alicyclic amines) is 1. The molecular weight excluding hydrogens is 252 g/mol. The van der Waals surface area contributed by atoms with E-state index in [1.165, 1.54) is 18.4 Å². The zero-order valence-electron chi connectivity index (χ0n) is 11.9. The average molecular weight is 276 g/mol. The van der Waals surface area contributed by atoms with Crippen LogP contribution in [0.1, 0.15) is 24.8 Å². The van der Waals surface area contributed by atoms with Gasteiger partial charge in [0.25, 0.3) is 0 Å². The first kappa shape index (κ1) is 15.0. The third-order valence-electron chi connectivity index (χ3n) is 4.15. The summed E-state index contributed by atoms with van der Waals surface area (Å²) in [6, 6.07) is 9.90. The van der Waals surface area contributed by atoms with Crippen LogP contribution >= 0.6 is 0 Å². The van der Waals surface area contributed by atoms with E-state index in [1.54, 1.807) is 0 Å². The van der Waals surface area contributed by atoms with Gasteiger partial charge >= 0.3 is 5.97 Å². The van der Waals surface area contributed by atoms with E-state index in [1.807, 2.05) is 0 Å². The molecule has 110 valence electrons. The topological polar surface area (TPSA) is 66.6 Å². The van der Waals surface area contributed by atoms with E-state index >= 15 is 0 Å². The van der Waals surface area contributed by atoms with Gasteiger partial charge in [0, 0.05) is 6.54 Å². The number of benzene rings is 1. The first-order valence-electron chi connectivity index (χ1n) is 7.40. The summed E-state index contributed by atoms with van der Waals surface area (Å²) in [5.74, 6) is -0.147. The number of carboxylic acids is 1. The second-order valence-corrected chi connectivity index (χ2v) is 5.71. The normalized spacial score (nSPS) is 18.9. The second-order valence-electron chi connectivity index (χ2n) is 5.71. The van der Waals surface area contributed by atoms with Gasteiger partial charge in [-0.1, -0.05) is 30.3 Å². The lowest BCUT2D eigenvalue weighted by molar-refractivity contribution is -0.138. The van der Waals surface area contributed by atoms with E-state index in [0.717, 1.165) is 32.0 Å². The number of rotatable bonds is 6. The van der Waals surface area contributed by atoms with Crippen LogP contribution in [0.25, 0.3) is 0 Å². The minimum absolute atomic E-state index is 0.540. The first-order valence-corrected chi connectivity index (χ1v) is 7.40. The van der Waals surface area contributed by atoms with E-state index in [-0.39, 0.29) is 0 Å². The van der Waals surface area contributed by atoms with E-state index in [2.05, 4.69) is 35.2 Å². The highest BCUT2D eigenvalue weighted by atomic mass is 16.4. The molecule has 20 heavy (non-hydrogen) atoms. The molecule has 1 fully saturated rings. The Kier molecular flexibility index (Phi) is 5.56. The van der Waals surface area contributed by atoms with Crippen LogP contribution in [0.4, 0.5) is 0 Å². The highest BCUT2D eigenvalue weighted by molar-refractivity contribution is 5.72. The molecule has 1 saturated heterocycles. The number of aliphatic carboxylic acids is 1. The molecule has 1 aliphatic heterocycles. The molecular formula is C16H24N2O2. The van der Waals surface area contributed by atoms with Gasteiger partial charge in [0.2, 0.25) is 0 Å². The molecule has 1 heterocycles. The molecule has 0 amide bonds. The van der Waals surface area contributed by atoms with Gasteiger partial charge in [-0.25, -0.2) is 0 Å². The molecule has 0 radical (unpaired) electrons. The predicted molar refractivity (Wildman–Crippen MR) is 79.5 cm³/mol. The largest absolute Gasteiger partial charge is 0.480 e. The number of nitrogens with two attached hydrogens (primary N) is 1. The van der Waals surface area contributed by atoms with Crippen molar-refractivity contribution < 1.29 is 9.90 Å². The van der Waals surface area contributed by atoms with Gasteiger partial charge in [-0.2, -0.15) is 0 Å². The molecule has 4 nitrogen and oxygen atoms in total. The molecule has 3 N–H and O–H groups in total. The van der Waals surface area contributed by atoms with Crippen molar-refractivity contribution in [2.24, 2.45) is 11.7 Å². The Bertz CT molecular complexity index is 414. The van der Waals surface area contributed by atoms with Crippen molar-refractivity contribution in [3.05, 3.63) is 35.9 Å². The minimum Gasteiger partial charge on any atom is -0.480 e. The summed E-state index contributed by atoms with van der Waals surface area (Å²) in [6.45, 7) is 2.92. The molecule has 2 rings (SSSR count). The van der Waals surface area contributed by atoms with Gasteiger partial charge in [0.05, 0.1) is 0 Å². The van der Waals surface area contributed by atoms with E-state index in [9.17, 15) is 4.79 Å². The predicted octanol–water partition coefficient (Wildman–Crippen LogP) is 1.74. The van der Waals surface area contributed by atoms with Crippen LogP contribution in [0, 0.1) is 5.92 Å². The Morgan fingerprint density at radius 2 is 1.95 bits per heavy atom. The Hall–Kier alpha value is -1.39. The molecule has 0 aliphatic carbocycles. The highest BCUT2D eigenvalue weighted by Crippen LogP contribution is 2.21. The third kappa shape index (κ3) is 4.62. The standard InChI is InChI=1S/C16H24N2O2/c17-15(16(19)20)8-11-18-9-6-14(7-10-18)12-13-4-2-1-3-5-13/h1-5,14-15H,6-12,17H2,(H,19,20). The summed E-state index contributed by atoms with van der Waals surface area (Å²) < 4.78 is 0. The van der Waals surface area contributed by atoms with Crippen LogP contribution in [0.5, 0.6) is 0 Å². The Morgan fingerprint density at radius 3 is 2.55 bits per heavy atom. The number of nitrogens with zero attached hydrogens (tertiary/aromatic N) is 1. The molecule has 1 aliphatic rings. The zero-order valence-corrected chi connectivity index (χ0v) is 11.9. The summed E-state index contributed by atoms with van der Waals surface area (Å²) in [6.07, 6.45) is 4.08. The fourth-order valence-electron chi connectivity index (χ4n) is 2.81. The fourth-order valence-corrected chi connectivity index (χ4v) is 2.81. The number of piperidine rings is 1. The Morgan fingerprint density at radius 1 is 1.30 bits per heavy atom. The van der Waals surface area contributed by atoms with Gasteiger partial charge in [-0.05, 0) is 50.3 Å². The maximum Gasteiger partial charge on any atom is 0.320 e. The first-order chi connectivity index (χ1) is 9.65. The van der Waals surface area contributed by atoms with Gasteiger partial charge in [-0.3, -0.25) is 4.79 Å². The van der Waals surface area contributed by atoms with Crippen LogP contribution in [0.15, 0.2) is 30.3 Å². The SMILES string of the molecule is NC(CCN1CCC(Cc2ccccc2)CC1)C(=O)O. The lowest BCUT2D eigenvalue weighted by Crippen LogP contribution is -2.39. The van der Waals surface area contributed by atoms with Crippen molar-refractivity contribution >= 4 is 5.97 Å². The molecule has 0 bridgehead atoms. The van der Waals surface area contributed by atoms with E-state index in [4.69, 9.17) is 10.8 Å². The summed E-state index contributed by atoms with van der Waals surface area (Å²) in [5.41, 5.74) is 6.95. The second kappa shape index (κ2) is 7.41. The molecule has 4 heteroatoms. The van der Waals surface area contributed by atoms with Crippen LogP contribution in [0.3, 0.4) is 0 Å². The highest BCUT2D eigenvalue weighted by Gasteiger charge is 2.20. The summed E-state index contributed by atoms with van der Waals surface area (Å²) in [4.78, 5) is 13.0. The van der Waals surface area contributed by atoms with E-state index in [0.29, 0.717) is 6.42 Å². The number of carbonyl (C=O) groups is 1. The Balaban J connectivity index is 1.69. The zero-order chi connectivity index (χ0) is 14.4. The third-order valence-corrected chi connectivity index (χ3v) is 4.15. The molecule has 1 aromatic rings. The van der Waals surface area contributed by atoms with Crippen molar-refractivity contribution in [1.82, 2.24) is 4.90 Å². The van der Waals surface area contributed by atoms with Crippen LogP contribution < -0.4 is 5.73 Å². The quantitative estimate of drug-likeness (QED) is 0.830. The molecule has 1 aromatic carbocycles. The maximum absolute atomic E-state index is 10.7. The number of hydrogen-bond acceptors (Lipinski definition) is 3. The van der Waals surface area contributed by atoms with Crippen molar-refractivity contribution in [2.45, 2.75) is 31.7 Å². The minimum atomic E-state index is -0.899. The summed E-state index contributed by atoms with van der Waals surface area (Å²) in [7, 11) is 0. The van der Waals surface area contributed by atoms with E-state index < -0.39 is 12.0 Å². The van der Waals surface area contributed by atoms with Crippen molar-refractivity contribution in [2.75, 3.05) is 19.6 Å². The monoisotopic (exact) mass is 276 g/mol. The van der Waals surface area contributed by atoms with Crippen molar-refractivity contribution in [1.29, 1.82) is 0 Å². The molecule has 0 aromatic heterocycles. The van der Waals surface area contributed by atoms with Gasteiger partial charge in [0.15, 0.2) is 0 Å².